The first-order valence-corrected chi connectivity index (χ1v) is 5.27. The van der Waals surface area contributed by atoms with Crippen LogP contribution in [0.25, 0.3) is 5.69 Å². The predicted octanol–water partition coefficient (Wildman–Crippen LogP) is 1.41. The monoisotopic (exact) mass is 217 g/mol. The van der Waals surface area contributed by atoms with E-state index in [-0.39, 0.29) is 5.63 Å². The molecule has 0 radical (unpaired) electrons. The molecule has 0 spiro atoms. The first-order chi connectivity index (χ1) is 7.72. The highest BCUT2D eigenvalue weighted by Crippen LogP contribution is 2.38. The van der Waals surface area contributed by atoms with Crippen LogP contribution in [0.15, 0.2) is 27.5 Å². The number of nitrogens with zero attached hydrogens (tertiary/aromatic N) is 3. The summed E-state index contributed by atoms with van der Waals surface area (Å²) in [5, 5.41) is 8.11. The quantitative estimate of drug-likeness (QED) is 0.763. The highest BCUT2D eigenvalue weighted by Gasteiger charge is 2.26. The van der Waals surface area contributed by atoms with Gasteiger partial charge in [0.25, 0.3) is 0 Å². The lowest BCUT2D eigenvalue weighted by Crippen LogP contribution is -2.04. The van der Waals surface area contributed by atoms with Gasteiger partial charge in [-0.1, -0.05) is 5.21 Å². The summed E-state index contributed by atoms with van der Waals surface area (Å²) in [6, 6.07) is 3.19. The van der Waals surface area contributed by atoms with Gasteiger partial charge >= 0.3 is 5.63 Å². The Morgan fingerprint density at radius 1 is 1.44 bits per heavy atom. The molecule has 2 aromatic heterocycles. The number of rotatable bonds is 2. The first kappa shape index (κ1) is 9.33. The van der Waals surface area contributed by atoms with Gasteiger partial charge in [-0.3, -0.25) is 0 Å². The van der Waals surface area contributed by atoms with E-state index in [4.69, 9.17) is 4.42 Å². The third-order valence-corrected chi connectivity index (χ3v) is 2.65. The lowest BCUT2D eigenvalue weighted by atomic mass is 10.3. The highest BCUT2D eigenvalue weighted by atomic mass is 16.4. The van der Waals surface area contributed by atoms with Gasteiger partial charge in [0, 0.05) is 18.1 Å². The molecule has 2 heterocycles. The Kier molecular flexibility index (Phi) is 1.92. The molecular weight excluding hydrogens is 206 g/mol. The normalized spacial score (nSPS) is 15.3. The van der Waals surface area contributed by atoms with E-state index in [0.717, 1.165) is 5.69 Å². The van der Waals surface area contributed by atoms with Crippen LogP contribution in [-0.2, 0) is 0 Å². The van der Waals surface area contributed by atoms with E-state index in [1.165, 1.54) is 18.9 Å². The fraction of sp³-hybridized carbons (Fsp3) is 0.364. The fourth-order valence-electron chi connectivity index (χ4n) is 1.69. The Balaban J connectivity index is 2.03. The van der Waals surface area contributed by atoms with Crippen molar-refractivity contribution < 1.29 is 4.42 Å². The molecule has 0 bridgehead atoms. The van der Waals surface area contributed by atoms with Crippen LogP contribution in [0, 0.1) is 6.92 Å². The van der Waals surface area contributed by atoms with Crippen LogP contribution in [0.1, 0.15) is 30.2 Å². The van der Waals surface area contributed by atoms with Gasteiger partial charge in [0.15, 0.2) is 0 Å². The second kappa shape index (κ2) is 3.30. The van der Waals surface area contributed by atoms with E-state index in [1.807, 2.05) is 6.20 Å². The van der Waals surface area contributed by atoms with Gasteiger partial charge in [-0.15, -0.1) is 5.10 Å². The zero-order valence-electron chi connectivity index (χ0n) is 8.88. The molecule has 5 heteroatoms. The van der Waals surface area contributed by atoms with E-state index in [2.05, 4.69) is 10.3 Å². The molecule has 0 amide bonds. The molecule has 1 fully saturated rings. The fourth-order valence-corrected chi connectivity index (χ4v) is 1.69. The second-order valence-electron chi connectivity index (χ2n) is 4.11. The smallest absolute Gasteiger partial charge is 0.338 e. The van der Waals surface area contributed by atoms with E-state index in [1.54, 1.807) is 17.7 Å². The maximum Gasteiger partial charge on any atom is 0.338 e. The van der Waals surface area contributed by atoms with Crippen LogP contribution in [0.5, 0.6) is 0 Å². The van der Waals surface area contributed by atoms with Crippen molar-refractivity contribution in [2.75, 3.05) is 0 Å². The van der Waals surface area contributed by atoms with Crippen molar-refractivity contribution in [3.05, 3.63) is 40.2 Å². The summed E-state index contributed by atoms with van der Waals surface area (Å²) in [4.78, 5) is 11.2. The summed E-state index contributed by atoms with van der Waals surface area (Å²) in [5.41, 5.74) is 1.34. The van der Waals surface area contributed by atoms with Crippen LogP contribution < -0.4 is 5.63 Å². The van der Waals surface area contributed by atoms with E-state index in [9.17, 15) is 4.79 Å². The summed E-state index contributed by atoms with van der Waals surface area (Å²) in [6.45, 7) is 1.74. The molecule has 0 atom stereocenters. The molecule has 82 valence electrons. The molecule has 1 saturated carbocycles. The van der Waals surface area contributed by atoms with Crippen molar-refractivity contribution >= 4 is 0 Å². The van der Waals surface area contributed by atoms with Gasteiger partial charge in [-0.25, -0.2) is 9.48 Å². The molecule has 0 aliphatic heterocycles. The summed E-state index contributed by atoms with van der Waals surface area (Å²) in [6.07, 6.45) is 4.26. The largest absolute Gasteiger partial charge is 0.428 e. The molecule has 1 aliphatic carbocycles. The molecular formula is C11H11N3O2. The summed E-state index contributed by atoms with van der Waals surface area (Å²) >= 11 is 0. The second-order valence-corrected chi connectivity index (χ2v) is 4.11. The lowest BCUT2D eigenvalue weighted by molar-refractivity contribution is 0.478. The molecule has 1 aliphatic rings. The van der Waals surface area contributed by atoms with Crippen molar-refractivity contribution in [2.24, 2.45) is 0 Å². The Bertz CT molecular complexity index is 581. The molecule has 0 unspecified atom stereocenters. The van der Waals surface area contributed by atoms with Crippen LogP contribution in [0.3, 0.4) is 0 Å². The van der Waals surface area contributed by atoms with Gasteiger partial charge in [0.1, 0.15) is 5.76 Å². The molecule has 16 heavy (non-hydrogen) atoms. The molecule has 0 saturated heterocycles. The van der Waals surface area contributed by atoms with E-state index in [0.29, 0.717) is 17.4 Å². The van der Waals surface area contributed by atoms with Crippen LogP contribution in [-0.4, -0.2) is 15.0 Å². The van der Waals surface area contributed by atoms with Crippen LogP contribution in [0.4, 0.5) is 0 Å². The summed E-state index contributed by atoms with van der Waals surface area (Å²) < 4.78 is 6.51. The van der Waals surface area contributed by atoms with Crippen molar-refractivity contribution in [3.8, 4) is 5.69 Å². The number of aromatic nitrogens is 3. The van der Waals surface area contributed by atoms with E-state index >= 15 is 0 Å². The topological polar surface area (TPSA) is 60.9 Å². The maximum absolute atomic E-state index is 11.2. The van der Waals surface area contributed by atoms with Gasteiger partial charge in [0.05, 0.1) is 17.6 Å². The molecule has 0 N–H and O–H groups in total. The summed E-state index contributed by atoms with van der Waals surface area (Å²) in [7, 11) is 0. The number of hydrogen-bond donors (Lipinski definition) is 0. The van der Waals surface area contributed by atoms with Crippen molar-refractivity contribution in [1.82, 2.24) is 15.0 Å². The molecule has 3 rings (SSSR count). The Hall–Kier alpha value is -1.91. The van der Waals surface area contributed by atoms with Crippen molar-refractivity contribution in [2.45, 2.75) is 25.7 Å². The first-order valence-electron chi connectivity index (χ1n) is 5.27. The Morgan fingerprint density at radius 3 is 2.94 bits per heavy atom. The maximum atomic E-state index is 11.2. The van der Waals surface area contributed by atoms with Crippen LogP contribution in [0.2, 0.25) is 0 Å². The van der Waals surface area contributed by atoms with Crippen LogP contribution >= 0.6 is 0 Å². The van der Waals surface area contributed by atoms with Crippen molar-refractivity contribution in [3.63, 3.8) is 0 Å². The molecule has 0 aromatic carbocycles. The van der Waals surface area contributed by atoms with Gasteiger partial charge in [-0.2, -0.15) is 0 Å². The number of aryl methyl sites for hydroxylation is 1. The standard InChI is InChI=1S/C11H11N3O2/c1-7-4-9(5-11(15)16-7)14-6-10(12-13-14)8-2-3-8/h4-6,8H,2-3H2,1H3. The van der Waals surface area contributed by atoms with Gasteiger partial charge < -0.3 is 4.42 Å². The average molecular weight is 217 g/mol. The highest BCUT2D eigenvalue weighted by molar-refractivity contribution is 5.29. The SMILES string of the molecule is Cc1cc(-n2cc(C3CC3)nn2)cc(=O)o1. The predicted molar refractivity (Wildman–Crippen MR) is 56.6 cm³/mol. The summed E-state index contributed by atoms with van der Waals surface area (Å²) in [5.74, 6) is 1.14. The zero-order valence-corrected chi connectivity index (χ0v) is 8.88. The Morgan fingerprint density at radius 2 is 2.25 bits per heavy atom. The van der Waals surface area contributed by atoms with Gasteiger partial charge in [0.2, 0.25) is 0 Å². The number of hydrogen-bond acceptors (Lipinski definition) is 4. The molecule has 5 nitrogen and oxygen atoms in total. The van der Waals surface area contributed by atoms with E-state index < -0.39 is 0 Å². The lowest BCUT2D eigenvalue weighted by Gasteiger charge is -1.98. The minimum absolute atomic E-state index is 0.363. The third kappa shape index (κ3) is 1.64. The Labute approximate surface area is 91.7 Å². The zero-order chi connectivity index (χ0) is 11.1. The minimum atomic E-state index is -0.363. The van der Waals surface area contributed by atoms with Gasteiger partial charge in [-0.05, 0) is 19.8 Å². The average Bonchev–Trinajstić information content (AvgIpc) is 2.95. The molecule has 2 aromatic rings. The minimum Gasteiger partial charge on any atom is -0.428 e. The van der Waals surface area contributed by atoms with Crippen molar-refractivity contribution in [1.29, 1.82) is 0 Å². The third-order valence-electron chi connectivity index (χ3n) is 2.65.